The van der Waals surface area contributed by atoms with Crippen LogP contribution in [0.4, 0.5) is 4.79 Å². The van der Waals surface area contributed by atoms with Gasteiger partial charge in [-0.3, -0.25) is 0 Å². The van der Waals surface area contributed by atoms with Crippen molar-refractivity contribution in [1.82, 2.24) is 5.32 Å². The fourth-order valence-electron chi connectivity index (χ4n) is 2.42. The normalized spacial score (nSPS) is 12.6. The van der Waals surface area contributed by atoms with E-state index in [4.69, 9.17) is 9.47 Å². The van der Waals surface area contributed by atoms with Crippen molar-refractivity contribution in [1.29, 1.82) is 0 Å². The molecule has 0 aliphatic carbocycles. The Balaban J connectivity index is 2.92. The van der Waals surface area contributed by atoms with Crippen LogP contribution >= 0.6 is 0 Å². The van der Waals surface area contributed by atoms with E-state index in [0.29, 0.717) is 5.75 Å². The van der Waals surface area contributed by atoms with Gasteiger partial charge in [0, 0.05) is 0 Å². The summed E-state index contributed by atoms with van der Waals surface area (Å²) in [7, 11) is 0. The number of aryl methyl sites for hydroxylation is 1. The van der Waals surface area contributed by atoms with Crippen molar-refractivity contribution in [3.05, 3.63) is 29.3 Å². The number of nitrogens with one attached hydrogen (secondary N) is 1. The van der Waals surface area contributed by atoms with Crippen molar-refractivity contribution in [3.8, 4) is 5.75 Å². The minimum Gasteiger partial charge on any atom is -0.490 e. The molecule has 0 saturated heterocycles. The Bertz CT molecular complexity index is 619. The Labute approximate surface area is 155 Å². The number of alkyl carbamates (subject to hydrolysis) is 1. The molecule has 26 heavy (non-hydrogen) atoms. The molecule has 0 saturated carbocycles. The van der Waals surface area contributed by atoms with Crippen LogP contribution in [-0.2, 0) is 11.2 Å². The predicted octanol–water partition coefficient (Wildman–Crippen LogP) is 4.27. The first kappa shape index (κ1) is 21.8. The van der Waals surface area contributed by atoms with E-state index in [1.807, 2.05) is 26.8 Å². The van der Waals surface area contributed by atoms with Crippen molar-refractivity contribution in [2.75, 3.05) is 6.61 Å². The summed E-state index contributed by atoms with van der Waals surface area (Å²) in [6, 6.07) is 4.82. The molecule has 0 radical (unpaired) electrons. The van der Waals surface area contributed by atoms with Gasteiger partial charge in [-0.05, 0) is 44.7 Å². The fraction of sp³-hybridized carbons (Fsp3) is 0.600. The van der Waals surface area contributed by atoms with Gasteiger partial charge in [0.2, 0.25) is 0 Å². The summed E-state index contributed by atoms with van der Waals surface area (Å²) in [4.78, 5) is 23.6. The van der Waals surface area contributed by atoms with Crippen LogP contribution < -0.4 is 10.1 Å². The minimum absolute atomic E-state index is 0.0918. The predicted molar refractivity (Wildman–Crippen MR) is 101 cm³/mol. The number of rotatable bonds is 8. The lowest BCUT2D eigenvalue weighted by atomic mass is 10.0. The van der Waals surface area contributed by atoms with Crippen LogP contribution in [0.3, 0.4) is 0 Å². The molecule has 0 unspecified atom stereocenters. The van der Waals surface area contributed by atoms with Crippen LogP contribution in [0, 0.1) is 5.92 Å². The van der Waals surface area contributed by atoms with E-state index >= 15 is 0 Å². The van der Waals surface area contributed by atoms with Crippen molar-refractivity contribution in [2.24, 2.45) is 5.92 Å². The van der Waals surface area contributed by atoms with E-state index in [9.17, 15) is 14.7 Å². The lowest BCUT2D eigenvalue weighted by Gasteiger charge is -2.26. The first-order valence-corrected chi connectivity index (χ1v) is 9.02. The maximum Gasteiger partial charge on any atom is 0.407 e. The van der Waals surface area contributed by atoms with E-state index in [0.717, 1.165) is 18.4 Å². The summed E-state index contributed by atoms with van der Waals surface area (Å²) < 4.78 is 11.2. The summed E-state index contributed by atoms with van der Waals surface area (Å²) in [6.45, 7) is 11.5. The van der Waals surface area contributed by atoms with Gasteiger partial charge in [-0.15, -0.1) is 0 Å². The lowest BCUT2D eigenvalue weighted by Crippen LogP contribution is -2.45. The standard InChI is InChI=1S/C20H31NO5/c1-7-9-14-10-8-11-15(18(22)23)17(14)25-12-16(13(2)3)21-19(24)26-20(4,5)6/h8,10-11,13,16H,7,9,12H2,1-6H3,(H,21,24)(H,22,23)/t16-/m1/s1. The molecule has 0 aliphatic rings. The number of hydrogen-bond donors (Lipinski definition) is 2. The summed E-state index contributed by atoms with van der Waals surface area (Å²) in [5.74, 6) is -0.563. The molecular formula is C20H31NO5. The second-order valence-electron chi connectivity index (χ2n) is 7.66. The average molecular weight is 365 g/mol. The molecule has 0 heterocycles. The van der Waals surface area contributed by atoms with Gasteiger partial charge < -0.3 is 19.9 Å². The van der Waals surface area contributed by atoms with Crippen LogP contribution in [0.5, 0.6) is 5.75 Å². The Hall–Kier alpha value is -2.24. The van der Waals surface area contributed by atoms with Gasteiger partial charge in [-0.2, -0.15) is 0 Å². The van der Waals surface area contributed by atoms with Gasteiger partial charge in [0.1, 0.15) is 23.5 Å². The highest BCUT2D eigenvalue weighted by atomic mass is 16.6. The zero-order chi connectivity index (χ0) is 19.9. The molecular weight excluding hydrogens is 334 g/mol. The largest absolute Gasteiger partial charge is 0.490 e. The highest BCUT2D eigenvalue weighted by molar-refractivity contribution is 5.91. The molecule has 1 atom stereocenters. The Morgan fingerprint density at radius 3 is 2.38 bits per heavy atom. The maximum absolute atomic E-state index is 12.0. The van der Waals surface area contributed by atoms with Gasteiger partial charge in [-0.25, -0.2) is 9.59 Å². The molecule has 1 amide bonds. The Morgan fingerprint density at radius 2 is 1.88 bits per heavy atom. The highest BCUT2D eigenvalue weighted by Gasteiger charge is 2.23. The van der Waals surface area contributed by atoms with Gasteiger partial charge in [0.15, 0.2) is 0 Å². The Kier molecular flexibility index (Phi) is 7.93. The number of para-hydroxylation sites is 1. The van der Waals surface area contributed by atoms with Gasteiger partial charge in [-0.1, -0.05) is 39.3 Å². The first-order chi connectivity index (χ1) is 12.0. The van der Waals surface area contributed by atoms with E-state index < -0.39 is 17.7 Å². The highest BCUT2D eigenvalue weighted by Crippen LogP contribution is 2.26. The number of carbonyl (C=O) groups excluding carboxylic acids is 1. The third-order valence-electron chi connectivity index (χ3n) is 3.76. The van der Waals surface area contributed by atoms with Crippen molar-refractivity contribution >= 4 is 12.1 Å². The molecule has 146 valence electrons. The quantitative estimate of drug-likeness (QED) is 0.719. The zero-order valence-corrected chi connectivity index (χ0v) is 16.6. The molecule has 6 nitrogen and oxygen atoms in total. The lowest BCUT2D eigenvalue weighted by molar-refractivity contribution is 0.0466. The summed E-state index contributed by atoms with van der Waals surface area (Å²) in [6.07, 6.45) is 1.09. The molecule has 1 aromatic carbocycles. The molecule has 6 heteroatoms. The SMILES string of the molecule is CCCc1cccc(C(=O)O)c1OC[C@@H](NC(=O)OC(C)(C)C)C(C)C. The van der Waals surface area contributed by atoms with E-state index in [1.54, 1.807) is 26.8 Å². The number of carboxylic acid groups (broad SMARTS) is 1. The van der Waals surface area contributed by atoms with Crippen LogP contribution in [0.25, 0.3) is 0 Å². The molecule has 1 rings (SSSR count). The molecule has 1 aromatic rings. The summed E-state index contributed by atoms with van der Waals surface area (Å²) >= 11 is 0. The monoisotopic (exact) mass is 365 g/mol. The minimum atomic E-state index is -1.03. The van der Waals surface area contributed by atoms with Crippen LogP contribution in [0.15, 0.2) is 18.2 Å². The number of carboxylic acids is 1. The van der Waals surface area contributed by atoms with Crippen LogP contribution in [0.2, 0.25) is 0 Å². The smallest absolute Gasteiger partial charge is 0.407 e. The summed E-state index contributed by atoms with van der Waals surface area (Å²) in [5.41, 5.74) is 0.402. The number of ether oxygens (including phenoxy) is 2. The number of carbonyl (C=O) groups is 2. The third kappa shape index (κ3) is 6.94. The van der Waals surface area contributed by atoms with Crippen LogP contribution in [-0.4, -0.2) is 35.4 Å². The topological polar surface area (TPSA) is 84.9 Å². The van der Waals surface area contributed by atoms with Crippen molar-refractivity contribution < 1.29 is 24.2 Å². The molecule has 0 aliphatic heterocycles. The number of benzene rings is 1. The van der Waals surface area contributed by atoms with Gasteiger partial charge in [0.25, 0.3) is 0 Å². The zero-order valence-electron chi connectivity index (χ0n) is 16.6. The van der Waals surface area contributed by atoms with E-state index in [2.05, 4.69) is 5.32 Å². The van der Waals surface area contributed by atoms with Crippen LogP contribution in [0.1, 0.15) is 63.9 Å². The van der Waals surface area contributed by atoms with Crippen molar-refractivity contribution in [3.63, 3.8) is 0 Å². The third-order valence-corrected chi connectivity index (χ3v) is 3.76. The maximum atomic E-state index is 12.0. The molecule has 0 aromatic heterocycles. The second-order valence-corrected chi connectivity index (χ2v) is 7.66. The Morgan fingerprint density at radius 1 is 1.23 bits per heavy atom. The van der Waals surface area contributed by atoms with Gasteiger partial charge in [0.05, 0.1) is 6.04 Å². The van der Waals surface area contributed by atoms with Gasteiger partial charge >= 0.3 is 12.1 Å². The average Bonchev–Trinajstić information content (AvgIpc) is 2.50. The van der Waals surface area contributed by atoms with Crippen molar-refractivity contribution in [2.45, 2.75) is 66.0 Å². The molecule has 0 bridgehead atoms. The molecule has 2 N–H and O–H groups in total. The summed E-state index contributed by atoms with van der Waals surface area (Å²) in [5, 5.41) is 12.2. The number of aromatic carboxylic acids is 1. The molecule has 0 spiro atoms. The first-order valence-electron chi connectivity index (χ1n) is 9.02. The van der Waals surface area contributed by atoms with E-state index in [1.165, 1.54) is 6.07 Å². The number of hydrogen-bond acceptors (Lipinski definition) is 4. The number of amides is 1. The second kappa shape index (κ2) is 9.46. The van der Waals surface area contributed by atoms with E-state index in [-0.39, 0.29) is 24.1 Å². The molecule has 0 fully saturated rings. The fourth-order valence-corrected chi connectivity index (χ4v) is 2.42.